The second kappa shape index (κ2) is 7.04. The maximum absolute atomic E-state index is 12.3. The molecule has 0 aliphatic heterocycles. The van der Waals surface area contributed by atoms with Crippen LogP contribution < -0.4 is 0 Å². The van der Waals surface area contributed by atoms with E-state index in [-0.39, 0.29) is 5.97 Å². The molecule has 0 aliphatic rings. The van der Waals surface area contributed by atoms with Gasteiger partial charge in [0.05, 0.1) is 0 Å². The minimum absolute atomic E-state index is 0.137. The molecule has 0 rings (SSSR count). The Morgan fingerprint density at radius 3 is 1.65 bits per heavy atom. The molecule has 0 aliphatic carbocycles. The van der Waals surface area contributed by atoms with Crippen LogP contribution in [-0.2, 0) is 9.53 Å². The van der Waals surface area contributed by atoms with Crippen LogP contribution in [0.3, 0.4) is 0 Å². The summed E-state index contributed by atoms with van der Waals surface area (Å²) in [6.45, 7) is 8.92. The van der Waals surface area contributed by atoms with Gasteiger partial charge in [-0.3, -0.25) is 0 Å². The molecule has 0 bridgehead atoms. The van der Waals surface area contributed by atoms with Crippen molar-refractivity contribution in [2.45, 2.75) is 61.1 Å². The van der Waals surface area contributed by atoms with Gasteiger partial charge in [0.25, 0.3) is 0 Å². The summed E-state index contributed by atoms with van der Waals surface area (Å²) in [7, 11) is -1.74. The summed E-state index contributed by atoms with van der Waals surface area (Å²) in [5, 5.41) is 0.857. The molecule has 20 heavy (non-hydrogen) atoms. The average Bonchev–Trinajstić information content (AvgIpc) is 2.11. The zero-order chi connectivity index (χ0) is 16.4. The first kappa shape index (κ1) is 20.3. The quantitative estimate of drug-likeness (QED) is 0.282. The van der Waals surface area contributed by atoms with E-state index >= 15 is 0 Å². The molecule has 5 heteroatoms. The van der Waals surface area contributed by atoms with E-state index in [2.05, 4.69) is 59.9 Å². The van der Waals surface area contributed by atoms with Gasteiger partial charge in [-0.25, -0.2) is 0 Å². The van der Waals surface area contributed by atoms with Crippen LogP contribution in [-0.4, -0.2) is 47.2 Å². The Hall–Kier alpha value is 0.293. The van der Waals surface area contributed by atoms with Gasteiger partial charge in [0.1, 0.15) is 0 Å². The van der Waals surface area contributed by atoms with Crippen molar-refractivity contribution >= 4 is 40.6 Å². The minimum atomic E-state index is -1.98. The molecule has 0 aromatic rings. The normalized spacial score (nSPS) is 12.7. The molecule has 0 saturated carbocycles. The second-order valence-electron chi connectivity index (χ2n) is 8.35. The van der Waals surface area contributed by atoms with E-state index in [1.165, 1.54) is 0 Å². The van der Waals surface area contributed by atoms with Crippen molar-refractivity contribution in [2.24, 2.45) is 0 Å². The van der Waals surface area contributed by atoms with Gasteiger partial charge in [0.2, 0.25) is 0 Å². The number of ether oxygens (including phenoxy) is 1. The summed E-state index contributed by atoms with van der Waals surface area (Å²) in [6, 6.07) is 0. The maximum atomic E-state index is 12.3. The van der Waals surface area contributed by atoms with E-state index in [1.54, 1.807) is 3.24 Å². The van der Waals surface area contributed by atoms with Gasteiger partial charge < -0.3 is 0 Å². The third-order valence-electron chi connectivity index (χ3n) is 2.98. The monoisotopic (exact) mass is 420 g/mol. The molecule has 0 aromatic heterocycles. The van der Waals surface area contributed by atoms with Crippen LogP contribution in [0.5, 0.6) is 0 Å². The fraction of sp³-hybridized carbons (Fsp3) is 0.733. The number of carbonyl (C=O) groups is 1. The standard InChI is InChI=1S/C15H32Ge2O2Si/c1-11-19-15(18)13(20(8,9)10)12-14(16(2,3)4)17(5,6)7/h11H2,1-10H3. The van der Waals surface area contributed by atoms with Crippen molar-refractivity contribution in [3.63, 3.8) is 0 Å². The molecule has 116 valence electrons. The van der Waals surface area contributed by atoms with Gasteiger partial charge in [-0.15, -0.1) is 0 Å². The molecule has 0 spiro atoms. The molecular formula is C15H32Ge2O2Si. The molecule has 0 heterocycles. The first-order valence-corrected chi connectivity index (χ1v) is 25.6. The fourth-order valence-electron chi connectivity index (χ4n) is 2.37. The zero-order valence-electron chi connectivity index (χ0n) is 15.0. The van der Waals surface area contributed by atoms with Crippen molar-refractivity contribution in [3.8, 4) is 0 Å². The van der Waals surface area contributed by atoms with Gasteiger partial charge in [-0.1, -0.05) is 0 Å². The number of hydrogen-bond acceptors (Lipinski definition) is 2. The Balaban J connectivity index is 6.33. The summed E-state index contributed by atoms with van der Waals surface area (Å²) >= 11 is -3.96. The Morgan fingerprint density at radius 1 is 1.00 bits per heavy atom. The van der Waals surface area contributed by atoms with E-state index in [0.717, 1.165) is 5.20 Å². The van der Waals surface area contributed by atoms with E-state index in [9.17, 15) is 4.79 Å². The molecule has 0 amide bonds. The number of hydrogen-bond donors (Lipinski definition) is 0. The third kappa shape index (κ3) is 6.37. The number of carbonyl (C=O) groups excluding carboxylic acids is 1. The van der Waals surface area contributed by atoms with Crippen LogP contribution >= 0.6 is 0 Å². The van der Waals surface area contributed by atoms with Gasteiger partial charge in [-0.05, 0) is 0 Å². The van der Waals surface area contributed by atoms with Crippen molar-refractivity contribution in [3.05, 3.63) is 14.2 Å². The average molecular weight is 418 g/mol. The van der Waals surface area contributed by atoms with Crippen molar-refractivity contribution < 1.29 is 9.53 Å². The van der Waals surface area contributed by atoms with Crippen LogP contribution in [0.4, 0.5) is 0 Å². The SMILES string of the molecule is CCOC(=O)C(=C=[C]([Ge]([CH3])([CH3])[CH3])[Ge]([CH3])([CH3])[CH3])[Si](C)(C)C. The Labute approximate surface area is 131 Å². The predicted molar refractivity (Wildman–Crippen MR) is 97.2 cm³/mol. The summed E-state index contributed by atoms with van der Waals surface area (Å²) in [5.74, 6) is 14.3. The summed E-state index contributed by atoms with van der Waals surface area (Å²) in [6.07, 6.45) is 0. The molecular weight excluding hydrogens is 385 g/mol. The molecule has 0 aromatic carbocycles. The summed E-state index contributed by atoms with van der Waals surface area (Å²) in [5.41, 5.74) is 3.65. The topological polar surface area (TPSA) is 26.3 Å². The first-order valence-electron chi connectivity index (χ1n) is 7.40. The molecule has 0 fully saturated rings. The van der Waals surface area contributed by atoms with Crippen LogP contribution in [0.15, 0.2) is 14.2 Å². The third-order valence-corrected chi connectivity index (χ3v) is 28.0. The second-order valence-corrected chi connectivity index (χ2v) is 36.5. The summed E-state index contributed by atoms with van der Waals surface area (Å²) in [4.78, 5) is 12.3. The summed E-state index contributed by atoms with van der Waals surface area (Å²) < 4.78 is 6.83. The van der Waals surface area contributed by atoms with Gasteiger partial charge >= 0.3 is 132 Å². The Bertz CT molecular complexity index is 412. The molecule has 2 nitrogen and oxygen atoms in total. The van der Waals surface area contributed by atoms with E-state index < -0.39 is 34.6 Å². The van der Waals surface area contributed by atoms with Crippen LogP contribution in [0, 0.1) is 0 Å². The van der Waals surface area contributed by atoms with Crippen molar-refractivity contribution in [2.75, 3.05) is 6.61 Å². The molecule has 0 saturated heterocycles. The Kier molecular flexibility index (Phi) is 7.14. The van der Waals surface area contributed by atoms with Gasteiger partial charge in [0.15, 0.2) is 0 Å². The Morgan fingerprint density at radius 2 is 1.40 bits per heavy atom. The van der Waals surface area contributed by atoms with Crippen LogP contribution in [0.25, 0.3) is 0 Å². The van der Waals surface area contributed by atoms with Crippen LogP contribution in [0.2, 0.25) is 54.2 Å². The van der Waals surface area contributed by atoms with Crippen molar-refractivity contribution in [1.82, 2.24) is 0 Å². The van der Waals surface area contributed by atoms with Gasteiger partial charge in [0, 0.05) is 0 Å². The predicted octanol–water partition coefficient (Wildman–Crippen LogP) is 4.63. The van der Waals surface area contributed by atoms with Gasteiger partial charge in [-0.2, -0.15) is 0 Å². The van der Waals surface area contributed by atoms with Crippen molar-refractivity contribution in [1.29, 1.82) is 0 Å². The van der Waals surface area contributed by atoms with E-state index in [1.807, 2.05) is 6.92 Å². The van der Waals surface area contributed by atoms with E-state index in [4.69, 9.17) is 4.74 Å². The van der Waals surface area contributed by atoms with Crippen LogP contribution in [0.1, 0.15) is 6.92 Å². The molecule has 0 atom stereocenters. The number of rotatable bonds is 5. The molecule has 0 N–H and O–H groups in total. The molecule has 0 radical (unpaired) electrons. The number of esters is 1. The molecule has 0 unspecified atom stereocenters. The first-order chi connectivity index (χ1) is 8.71. The zero-order valence-corrected chi connectivity index (χ0v) is 20.2. The van der Waals surface area contributed by atoms with E-state index in [0.29, 0.717) is 6.61 Å². The fourth-order valence-corrected chi connectivity index (χ4v) is 35.4.